The maximum atomic E-state index is 11.8. The average Bonchev–Trinajstić information content (AvgIpc) is 2.88. The monoisotopic (exact) mass is 335 g/mol. The number of rotatable bonds is 5. The number of aromatic nitrogens is 1. The molecule has 1 aromatic heterocycles. The van der Waals surface area contributed by atoms with Crippen molar-refractivity contribution in [2.45, 2.75) is 38.6 Å². The molecule has 2 atom stereocenters. The molecule has 0 bridgehead atoms. The number of aliphatic carboxylic acids is 1. The third-order valence-corrected chi connectivity index (χ3v) is 4.96. The zero-order chi connectivity index (χ0) is 16.6. The van der Waals surface area contributed by atoms with Crippen LogP contribution in [0.5, 0.6) is 5.75 Å². The highest BCUT2D eigenvalue weighted by Crippen LogP contribution is 2.44. The number of benzene rings is 1. The number of fused-ring (bicyclic) bond motifs is 3. The number of carbonyl (C=O) groups is 1. The molecule has 1 aliphatic carbocycles. The summed E-state index contributed by atoms with van der Waals surface area (Å²) in [6, 6.07) is 3.96. The molecule has 0 saturated carbocycles. The predicted molar refractivity (Wildman–Crippen MR) is 92.2 cm³/mol. The third-order valence-electron chi connectivity index (χ3n) is 4.72. The van der Waals surface area contributed by atoms with Crippen LogP contribution in [-0.4, -0.2) is 29.4 Å². The number of carboxylic acid groups (broad SMARTS) is 1. The maximum Gasteiger partial charge on any atom is 0.311 e. The first-order valence-electron chi connectivity index (χ1n) is 7.83. The molecular weight excluding hydrogens is 313 g/mol. The minimum absolute atomic E-state index is 0.463. The zero-order valence-electron chi connectivity index (χ0n) is 13.5. The van der Waals surface area contributed by atoms with Gasteiger partial charge < -0.3 is 18.9 Å². The van der Waals surface area contributed by atoms with Gasteiger partial charge >= 0.3 is 5.97 Å². The normalized spacial score (nSPS) is 17.3. The molecule has 6 heteroatoms. The molecule has 2 aromatic rings. The number of nitrogens with zero attached hydrogens (tertiary/aromatic N) is 1. The van der Waals surface area contributed by atoms with E-state index in [4.69, 9.17) is 9.26 Å². The number of aryl methyl sites for hydroxylation is 1. The highest BCUT2D eigenvalue weighted by Gasteiger charge is 2.33. The van der Waals surface area contributed by atoms with Gasteiger partial charge in [-0.1, -0.05) is 6.07 Å². The Kier molecular flexibility index (Phi) is 4.60. The van der Waals surface area contributed by atoms with Crippen LogP contribution >= 0.6 is 9.47 Å². The first-order chi connectivity index (χ1) is 11.1. The lowest BCUT2D eigenvalue weighted by Crippen LogP contribution is -2.19. The van der Waals surface area contributed by atoms with Crippen molar-refractivity contribution in [3.8, 4) is 5.75 Å². The minimum atomic E-state index is -0.754. The van der Waals surface area contributed by atoms with Gasteiger partial charge in [0.2, 0.25) is 0 Å². The lowest BCUT2D eigenvalue weighted by Gasteiger charge is -2.21. The molecule has 1 aliphatic rings. The van der Waals surface area contributed by atoms with Crippen LogP contribution in [0.3, 0.4) is 0 Å². The molecule has 5 nitrogen and oxygen atoms in total. The first-order valence-corrected chi connectivity index (χ1v) is 8.30. The van der Waals surface area contributed by atoms with Gasteiger partial charge in [0.05, 0.1) is 25.2 Å². The van der Waals surface area contributed by atoms with Crippen LogP contribution in [0, 0.1) is 6.92 Å². The summed E-state index contributed by atoms with van der Waals surface area (Å²) in [5.41, 5.74) is 4.25. The van der Waals surface area contributed by atoms with Gasteiger partial charge in [-0.15, -0.1) is 0 Å². The van der Waals surface area contributed by atoms with Gasteiger partial charge in [0.1, 0.15) is 5.75 Å². The van der Waals surface area contributed by atoms with E-state index in [-0.39, 0.29) is 0 Å². The Hall–Kier alpha value is -1.58. The lowest BCUT2D eigenvalue weighted by molar-refractivity contribution is -0.139. The van der Waals surface area contributed by atoms with E-state index in [2.05, 4.69) is 21.0 Å². The van der Waals surface area contributed by atoms with Crippen LogP contribution in [-0.2, 0) is 22.3 Å². The van der Waals surface area contributed by atoms with E-state index in [1.54, 1.807) is 7.11 Å². The van der Waals surface area contributed by atoms with Gasteiger partial charge in [-0.2, -0.15) is 0 Å². The molecule has 2 unspecified atom stereocenters. The fourth-order valence-electron chi connectivity index (χ4n) is 3.78. The summed E-state index contributed by atoms with van der Waals surface area (Å²) in [6.07, 6.45) is 2.47. The Morgan fingerprint density at radius 3 is 2.91 bits per heavy atom. The topological polar surface area (TPSA) is 60.7 Å². The molecule has 1 heterocycles. The Morgan fingerprint density at radius 1 is 1.48 bits per heavy atom. The van der Waals surface area contributed by atoms with Crippen molar-refractivity contribution in [2.75, 3.05) is 13.7 Å². The van der Waals surface area contributed by atoms with Crippen molar-refractivity contribution in [3.05, 3.63) is 29.0 Å². The van der Waals surface area contributed by atoms with E-state index >= 15 is 0 Å². The second-order valence-corrected chi connectivity index (χ2v) is 6.31. The summed E-state index contributed by atoms with van der Waals surface area (Å²) in [5, 5.41) is 10.6. The summed E-state index contributed by atoms with van der Waals surface area (Å²) >= 11 is 0. The Labute approximate surface area is 137 Å². The van der Waals surface area contributed by atoms with Crippen LogP contribution in [0.25, 0.3) is 10.9 Å². The first kappa shape index (κ1) is 16.3. The molecule has 0 aliphatic heterocycles. The fraction of sp³-hybridized carbons (Fsp3) is 0.471. The smallest absolute Gasteiger partial charge is 0.311 e. The highest BCUT2D eigenvalue weighted by molar-refractivity contribution is 7.09. The average molecular weight is 335 g/mol. The zero-order valence-corrected chi connectivity index (χ0v) is 14.6. The van der Waals surface area contributed by atoms with Crippen molar-refractivity contribution >= 4 is 26.3 Å². The molecule has 3 rings (SSSR count). The van der Waals surface area contributed by atoms with Gasteiger partial charge in [0.15, 0.2) is 0 Å². The Bertz CT molecular complexity index is 753. The summed E-state index contributed by atoms with van der Waals surface area (Å²) in [7, 11) is 3.91. The summed E-state index contributed by atoms with van der Waals surface area (Å²) in [5.74, 6) is -0.466. The van der Waals surface area contributed by atoms with Gasteiger partial charge in [0, 0.05) is 27.1 Å². The minimum Gasteiger partial charge on any atom is -0.496 e. The molecule has 124 valence electrons. The second kappa shape index (κ2) is 6.50. The van der Waals surface area contributed by atoms with E-state index in [9.17, 15) is 9.90 Å². The lowest BCUT2D eigenvalue weighted by atomic mass is 9.85. The molecule has 1 N–H and O–H groups in total. The molecule has 0 spiro atoms. The van der Waals surface area contributed by atoms with Crippen LogP contribution < -0.4 is 4.74 Å². The van der Waals surface area contributed by atoms with E-state index < -0.39 is 11.9 Å². The number of methoxy groups -OCH3 is 1. The van der Waals surface area contributed by atoms with E-state index in [1.807, 2.05) is 12.1 Å². The number of ether oxygens (including phenoxy) is 1. The molecule has 0 fully saturated rings. The van der Waals surface area contributed by atoms with Crippen molar-refractivity contribution in [2.24, 2.45) is 0 Å². The summed E-state index contributed by atoms with van der Waals surface area (Å²) < 4.78 is 13.0. The fourth-order valence-corrected chi connectivity index (χ4v) is 3.89. The predicted octanol–water partition coefficient (Wildman–Crippen LogP) is 3.27. The molecular formula is C17H22NO4P. The molecule has 0 saturated heterocycles. The van der Waals surface area contributed by atoms with Crippen LogP contribution in [0.1, 0.15) is 35.6 Å². The summed E-state index contributed by atoms with van der Waals surface area (Å²) in [6.45, 7) is 3.33. The van der Waals surface area contributed by atoms with E-state index in [1.165, 1.54) is 0 Å². The standard InChI is InChI=1S/C17H22NO4P/c1-10-6-7-13(21-2)15-14-11(17(19)20)4-3-5-12(14)18(16(10)15)8-9-22-23/h6-7,11H,3-5,8-9,23H2,1-2H3,(H,19,20). The van der Waals surface area contributed by atoms with Crippen LogP contribution in [0.15, 0.2) is 12.1 Å². The molecule has 0 radical (unpaired) electrons. The maximum absolute atomic E-state index is 11.8. The van der Waals surface area contributed by atoms with Crippen molar-refractivity contribution in [1.82, 2.24) is 4.57 Å². The van der Waals surface area contributed by atoms with E-state index in [0.717, 1.165) is 46.3 Å². The SMILES string of the molecule is COc1ccc(C)c2c1c1c(n2CCOP)CCCC1C(=O)O. The van der Waals surface area contributed by atoms with Gasteiger partial charge in [-0.25, -0.2) is 0 Å². The van der Waals surface area contributed by atoms with Crippen LogP contribution in [0.2, 0.25) is 0 Å². The third kappa shape index (κ3) is 2.62. The molecule has 23 heavy (non-hydrogen) atoms. The van der Waals surface area contributed by atoms with Gasteiger partial charge in [0.25, 0.3) is 0 Å². The Morgan fingerprint density at radius 2 is 2.26 bits per heavy atom. The van der Waals surface area contributed by atoms with Gasteiger partial charge in [-0.05, 0) is 43.4 Å². The number of hydrogen-bond donors (Lipinski definition) is 1. The van der Waals surface area contributed by atoms with Crippen molar-refractivity contribution in [3.63, 3.8) is 0 Å². The quantitative estimate of drug-likeness (QED) is 0.852. The van der Waals surface area contributed by atoms with Crippen molar-refractivity contribution in [1.29, 1.82) is 0 Å². The molecule has 0 amide bonds. The second-order valence-electron chi connectivity index (χ2n) is 5.97. The number of carboxylic acids is 1. The number of hydrogen-bond acceptors (Lipinski definition) is 3. The Balaban J connectivity index is 2.36. The van der Waals surface area contributed by atoms with Gasteiger partial charge in [-0.3, -0.25) is 4.79 Å². The summed E-state index contributed by atoms with van der Waals surface area (Å²) in [4.78, 5) is 11.8. The molecule has 1 aromatic carbocycles. The van der Waals surface area contributed by atoms with Crippen molar-refractivity contribution < 1.29 is 19.2 Å². The van der Waals surface area contributed by atoms with Crippen LogP contribution in [0.4, 0.5) is 0 Å². The highest BCUT2D eigenvalue weighted by atomic mass is 31.0. The van der Waals surface area contributed by atoms with E-state index in [0.29, 0.717) is 19.6 Å². The largest absolute Gasteiger partial charge is 0.496 e.